The van der Waals surface area contributed by atoms with Crippen LogP contribution in [-0.2, 0) is 32.1 Å². The summed E-state index contributed by atoms with van der Waals surface area (Å²) >= 11 is 0. The van der Waals surface area contributed by atoms with Crippen molar-refractivity contribution < 1.29 is 28.6 Å². The van der Waals surface area contributed by atoms with Gasteiger partial charge in [0, 0.05) is 17.7 Å². The van der Waals surface area contributed by atoms with Gasteiger partial charge in [-0.05, 0) is 72.2 Å². The Hall–Kier alpha value is -4.53. The molecule has 3 aromatic carbocycles. The predicted molar refractivity (Wildman–Crippen MR) is 152 cm³/mol. The number of carboxylic acids is 1. The zero-order valence-electron chi connectivity index (χ0n) is 22.6. The monoisotopic (exact) mass is 557 g/mol. The molecule has 1 saturated carbocycles. The van der Waals surface area contributed by atoms with Crippen molar-refractivity contribution in [3.05, 3.63) is 101 Å². The molecule has 1 aliphatic carbocycles. The van der Waals surface area contributed by atoms with E-state index in [2.05, 4.69) is 10.4 Å². The summed E-state index contributed by atoms with van der Waals surface area (Å²) in [5.41, 5.74) is 3.22. The van der Waals surface area contributed by atoms with Crippen molar-refractivity contribution in [3.8, 4) is 0 Å². The molecule has 0 bridgehead atoms. The number of hydrogen-bond donors (Lipinski definition) is 2. The highest BCUT2D eigenvalue weighted by Crippen LogP contribution is 2.38. The molecule has 8 nitrogen and oxygen atoms in total. The minimum absolute atomic E-state index is 0.0426. The van der Waals surface area contributed by atoms with Gasteiger partial charge in [-0.2, -0.15) is 0 Å². The van der Waals surface area contributed by atoms with Gasteiger partial charge in [0.05, 0.1) is 12.5 Å². The van der Waals surface area contributed by atoms with E-state index >= 15 is 0 Å². The number of nitrogens with one attached hydrogen (secondary N) is 1. The minimum Gasteiger partial charge on any atom is -0.481 e. The fourth-order valence-corrected chi connectivity index (χ4v) is 5.48. The molecule has 41 heavy (non-hydrogen) atoms. The second kappa shape index (κ2) is 12.8. The van der Waals surface area contributed by atoms with Crippen LogP contribution < -0.4 is 5.32 Å². The van der Waals surface area contributed by atoms with Gasteiger partial charge in [-0.15, -0.1) is 5.10 Å². The number of nitrogens with zero attached hydrogens (tertiary/aromatic N) is 2. The van der Waals surface area contributed by atoms with Gasteiger partial charge in [-0.25, -0.2) is 9.40 Å². The van der Waals surface area contributed by atoms with E-state index in [1.54, 1.807) is 0 Å². The molecule has 9 heteroatoms. The first kappa shape index (κ1) is 28.0. The summed E-state index contributed by atoms with van der Waals surface area (Å²) in [5, 5.41) is 17.7. The Morgan fingerprint density at radius 2 is 1.78 bits per heavy atom. The van der Waals surface area contributed by atoms with Crippen molar-refractivity contribution in [2.24, 2.45) is 11.0 Å². The summed E-state index contributed by atoms with van der Waals surface area (Å²) < 4.78 is 19.8. The molecule has 3 aromatic rings. The molecule has 1 atom stereocenters. The SMILES string of the molecule is O=C(O)CCc1cc(NC(=O)C(c2ccc(CN3N=C(c4ccccc4)OCC3=O)cc2)C2CCCC2)ccc1F. The fraction of sp³-hybridized carbons (Fsp3) is 0.312. The lowest BCUT2D eigenvalue weighted by molar-refractivity contribution is -0.137. The second-order valence-corrected chi connectivity index (χ2v) is 10.5. The number of carboxylic acid groups (broad SMARTS) is 1. The van der Waals surface area contributed by atoms with E-state index in [1.807, 2.05) is 54.6 Å². The van der Waals surface area contributed by atoms with Crippen LogP contribution in [0.15, 0.2) is 77.9 Å². The van der Waals surface area contributed by atoms with Gasteiger partial charge in [-0.1, -0.05) is 55.3 Å². The average molecular weight is 558 g/mol. The van der Waals surface area contributed by atoms with Gasteiger partial charge in [0.15, 0.2) is 6.61 Å². The number of rotatable bonds is 10. The molecule has 0 spiro atoms. The summed E-state index contributed by atoms with van der Waals surface area (Å²) in [6.45, 7) is 0.185. The van der Waals surface area contributed by atoms with E-state index in [0.717, 1.165) is 42.4 Å². The first-order valence-electron chi connectivity index (χ1n) is 13.8. The van der Waals surface area contributed by atoms with Crippen LogP contribution in [0.3, 0.4) is 0 Å². The number of carbonyl (C=O) groups excluding carboxylic acids is 2. The third-order valence-electron chi connectivity index (χ3n) is 7.60. The number of aryl methyl sites for hydroxylation is 1. The van der Waals surface area contributed by atoms with Crippen molar-refractivity contribution >= 4 is 29.4 Å². The number of hydrogen-bond acceptors (Lipinski definition) is 5. The van der Waals surface area contributed by atoms with Gasteiger partial charge >= 0.3 is 5.97 Å². The molecule has 2 amide bonds. The standard InChI is InChI=1S/C32H32FN3O5/c33-27-16-15-26(18-25(27)14-17-29(38)39)34-31(40)30(22-6-4-5-7-22)23-12-10-21(11-13-23)19-36-28(37)20-41-32(35-36)24-8-2-1-3-9-24/h1-3,8-13,15-16,18,22,30H,4-7,14,17,19-20H2,(H,34,40)(H,38,39). The van der Waals surface area contributed by atoms with Crippen LogP contribution in [0.2, 0.25) is 0 Å². The molecule has 0 radical (unpaired) electrons. The summed E-state index contributed by atoms with van der Waals surface area (Å²) in [6, 6.07) is 21.3. The quantitative estimate of drug-likeness (QED) is 0.343. The molecule has 212 valence electrons. The molecule has 1 unspecified atom stereocenters. The minimum atomic E-state index is -1.01. The maximum atomic E-state index is 14.2. The first-order valence-corrected chi connectivity index (χ1v) is 13.8. The number of carbonyl (C=O) groups is 3. The number of ether oxygens (including phenoxy) is 1. The van der Waals surface area contributed by atoms with E-state index in [-0.39, 0.29) is 49.3 Å². The Labute approximate surface area is 237 Å². The van der Waals surface area contributed by atoms with Crippen molar-refractivity contribution in [1.29, 1.82) is 0 Å². The topological polar surface area (TPSA) is 108 Å². The van der Waals surface area contributed by atoms with Crippen LogP contribution in [0, 0.1) is 11.7 Å². The third-order valence-corrected chi connectivity index (χ3v) is 7.60. The third kappa shape index (κ3) is 6.98. The van der Waals surface area contributed by atoms with E-state index in [9.17, 15) is 18.8 Å². The van der Waals surface area contributed by atoms with Crippen molar-refractivity contribution in [2.75, 3.05) is 11.9 Å². The fourth-order valence-electron chi connectivity index (χ4n) is 5.48. The molecule has 2 aliphatic rings. The molecular weight excluding hydrogens is 525 g/mol. The molecule has 2 N–H and O–H groups in total. The van der Waals surface area contributed by atoms with Gasteiger partial charge in [0.25, 0.3) is 5.91 Å². The maximum Gasteiger partial charge on any atom is 0.303 e. The van der Waals surface area contributed by atoms with Crippen LogP contribution in [0.5, 0.6) is 0 Å². The molecular formula is C32H32FN3O5. The lowest BCUT2D eigenvalue weighted by Crippen LogP contribution is -2.36. The normalized spacial score (nSPS) is 16.2. The first-order chi connectivity index (χ1) is 19.9. The van der Waals surface area contributed by atoms with Gasteiger partial charge < -0.3 is 15.2 Å². The molecule has 1 heterocycles. The number of amides is 2. The molecule has 0 aromatic heterocycles. The predicted octanol–water partition coefficient (Wildman–Crippen LogP) is 5.48. The number of benzene rings is 3. The average Bonchev–Trinajstić information content (AvgIpc) is 3.50. The molecule has 0 saturated heterocycles. The van der Waals surface area contributed by atoms with Crippen molar-refractivity contribution in [2.45, 2.75) is 51.0 Å². The highest BCUT2D eigenvalue weighted by Gasteiger charge is 2.32. The number of halogens is 1. The molecule has 1 aliphatic heterocycles. The van der Waals surface area contributed by atoms with Crippen LogP contribution in [-0.4, -0.2) is 40.4 Å². The summed E-state index contributed by atoms with van der Waals surface area (Å²) in [6.07, 6.45) is 3.84. The largest absolute Gasteiger partial charge is 0.481 e. The highest BCUT2D eigenvalue weighted by atomic mass is 19.1. The maximum absolute atomic E-state index is 14.2. The van der Waals surface area contributed by atoms with Crippen molar-refractivity contribution in [1.82, 2.24) is 5.01 Å². The van der Waals surface area contributed by atoms with E-state index in [0.29, 0.717) is 11.6 Å². The number of anilines is 1. The van der Waals surface area contributed by atoms with E-state index < -0.39 is 17.7 Å². The van der Waals surface area contributed by atoms with Crippen molar-refractivity contribution in [3.63, 3.8) is 0 Å². The Morgan fingerprint density at radius 3 is 2.49 bits per heavy atom. The van der Waals surface area contributed by atoms with Gasteiger partial charge in [0.2, 0.25) is 11.8 Å². The van der Waals surface area contributed by atoms with Crippen LogP contribution in [0.1, 0.15) is 60.3 Å². The number of hydrazone groups is 1. The second-order valence-electron chi connectivity index (χ2n) is 10.5. The van der Waals surface area contributed by atoms with E-state index in [4.69, 9.17) is 9.84 Å². The van der Waals surface area contributed by atoms with Crippen LogP contribution in [0.4, 0.5) is 10.1 Å². The summed E-state index contributed by atoms with van der Waals surface area (Å²) in [7, 11) is 0. The van der Waals surface area contributed by atoms with Gasteiger partial charge in [0.1, 0.15) is 5.82 Å². The Morgan fingerprint density at radius 1 is 1.05 bits per heavy atom. The lowest BCUT2D eigenvalue weighted by atomic mass is 9.83. The van der Waals surface area contributed by atoms with Crippen LogP contribution >= 0.6 is 0 Å². The molecule has 5 rings (SSSR count). The Kier molecular flexibility index (Phi) is 8.72. The van der Waals surface area contributed by atoms with Crippen LogP contribution in [0.25, 0.3) is 0 Å². The summed E-state index contributed by atoms with van der Waals surface area (Å²) in [4.78, 5) is 37.0. The molecule has 1 fully saturated rings. The smallest absolute Gasteiger partial charge is 0.303 e. The zero-order valence-corrected chi connectivity index (χ0v) is 22.6. The number of aliphatic carboxylic acids is 1. The summed E-state index contributed by atoms with van der Waals surface area (Å²) in [5.74, 6) is -1.75. The van der Waals surface area contributed by atoms with E-state index in [1.165, 1.54) is 23.2 Å². The Balaban J connectivity index is 1.32. The Bertz CT molecular complexity index is 1440. The lowest BCUT2D eigenvalue weighted by Gasteiger charge is -2.25. The highest BCUT2D eigenvalue weighted by molar-refractivity contribution is 5.98. The zero-order chi connectivity index (χ0) is 28.8. The van der Waals surface area contributed by atoms with Gasteiger partial charge in [-0.3, -0.25) is 14.4 Å².